The highest BCUT2D eigenvalue weighted by Gasteiger charge is 2.16. The Labute approximate surface area is 86.5 Å². The SMILES string of the molecule is C[Si](C)(/C=C/C=O)Cc1ccccc1. The maximum absolute atomic E-state index is 10.2. The first-order valence-corrected chi connectivity index (χ1v) is 8.09. The molecule has 1 nitrogen and oxygen atoms in total. The molecule has 0 amide bonds. The summed E-state index contributed by atoms with van der Waals surface area (Å²) in [4.78, 5) is 10.2. The quantitative estimate of drug-likeness (QED) is 0.419. The number of hydrogen-bond acceptors (Lipinski definition) is 1. The van der Waals surface area contributed by atoms with Gasteiger partial charge in [-0.3, -0.25) is 4.79 Å². The van der Waals surface area contributed by atoms with Crippen molar-refractivity contribution in [3.05, 3.63) is 47.7 Å². The van der Waals surface area contributed by atoms with Crippen molar-refractivity contribution in [2.75, 3.05) is 0 Å². The maximum Gasteiger partial charge on any atom is 0.142 e. The van der Waals surface area contributed by atoms with Gasteiger partial charge in [0.2, 0.25) is 0 Å². The van der Waals surface area contributed by atoms with Crippen LogP contribution in [0.5, 0.6) is 0 Å². The van der Waals surface area contributed by atoms with Crippen molar-refractivity contribution in [2.45, 2.75) is 19.1 Å². The minimum Gasteiger partial charge on any atom is -0.299 e. The van der Waals surface area contributed by atoms with Crippen molar-refractivity contribution in [1.29, 1.82) is 0 Å². The Hall–Kier alpha value is -1.15. The molecule has 0 N–H and O–H groups in total. The molecular weight excluding hydrogens is 188 g/mol. The molecule has 1 aromatic carbocycles. The van der Waals surface area contributed by atoms with Gasteiger partial charge in [-0.15, -0.1) is 0 Å². The molecule has 0 spiro atoms. The summed E-state index contributed by atoms with van der Waals surface area (Å²) in [6.07, 6.45) is 2.49. The summed E-state index contributed by atoms with van der Waals surface area (Å²) >= 11 is 0. The lowest BCUT2D eigenvalue weighted by Crippen LogP contribution is -2.26. The molecule has 74 valence electrons. The molecule has 0 radical (unpaired) electrons. The Morgan fingerprint density at radius 3 is 2.43 bits per heavy atom. The number of hydrogen-bond donors (Lipinski definition) is 0. The summed E-state index contributed by atoms with van der Waals surface area (Å²) in [5.74, 6) is 0. The van der Waals surface area contributed by atoms with Crippen molar-refractivity contribution in [2.24, 2.45) is 0 Å². The average molecular weight is 204 g/mol. The lowest BCUT2D eigenvalue weighted by molar-refractivity contribution is -0.104. The Morgan fingerprint density at radius 1 is 1.21 bits per heavy atom. The van der Waals surface area contributed by atoms with Gasteiger partial charge < -0.3 is 0 Å². The van der Waals surface area contributed by atoms with Crippen LogP contribution in [0.15, 0.2) is 42.1 Å². The summed E-state index contributed by atoms with van der Waals surface area (Å²) < 4.78 is 0. The number of benzene rings is 1. The zero-order valence-corrected chi connectivity index (χ0v) is 9.73. The third-order valence-electron chi connectivity index (χ3n) is 2.13. The van der Waals surface area contributed by atoms with Crippen LogP contribution in [0, 0.1) is 0 Å². The Bertz CT molecular complexity index is 314. The molecule has 0 fully saturated rings. The number of aldehydes is 1. The van der Waals surface area contributed by atoms with Crippen molar-refractivity contribution < 1.29 is 4.79 Å². The Morgan fingerprint density at radius 2 is 1.86 bits per heavy atom. The zero-order chi connectivity index (χ0) is 10.4. The average Bonchev–Trinajstić information content (AvgIpc) is 2.16. The second-order valence-electron chi connectivity index (χ2n) is 4.15. The van der Waals surface area contributed by atoms with Crippen LogP contribution in [-0.2, 0) is 10.8 Å². The molecule has 0 aliphatic rings. The van der Waals surface area contributed by atoms with Crippen molar-refractivity contribution >= 4 is 14.4 Å². The fourth-order valence-electron chi connectivity index (χ4n) is 1.48. The van der Waals surface area contributed by atoms with Crippen LogP contribution in [-0.4, -0.2) is 14.4 Å². The van der Waals surface area contributed by atoms with Crippen LogP contribution in [0.2, 0.25) is 13.1 Å². The van der Waals surface area contributed by atoms with Gasteiger partial charge in [0.25, 0.3) is 0 Å². The van der Waals surface area contributed by atoms with Crippen LogP contribution in [0.4, 0.5) is 0 Å². The molecule has 0 saturated carbocycles. The molecule has 1 aromatic rings. The Kier molecular flexibility index (Phi) is 3.83. The van der Waals surface area contributed by atoms with Gasteiger partial charge in [-0.2, -0.15) is 0 Å². The van der Waals surface area contributed by atoms with E-state index in [0.717, 1.165) is 12.3 Å². The number of carbonyl (C=O) groups excluding carboxylic acids is 1. The number of carbonyl (C=O) groups is 1. The monoisotopic (exact) mass is 204 g/mol. The molecule has 14 heavy (non-hydrogen) atoms. The molecule has 0 bridgehead atoms. The van der Waals surface area contributed by atoms with Gasteiger partial charge in [-0.05, 0) is 12.1 Å². The molecule has 2 heteroatoms. The van der Waals surface area contributed by atoms with Gasteiger partial charge in [-0.25, -0.2) is 0 Å². The van der Waals surface area contributed by atoms with Gasteiger partial charge in [0, 0.05) is 0 Å². The standard InChI is InChI=1S/C12H16OSi/c1-14(2,10-6-9-13)11-12-7-4-3-5-8-12/h3-10H,11H2,1-2H3/b10-6+. The van der Waals surface area contributed by atoms with E-state index in [0.29, 0.717) is 0 Å². The Balaban J connectivity index is 2.68. The number of allylic oxidation sites excluding steroid dienone is 1. The second-order valence-corrected chi connectivity index (χ2v) is 8.81. The van der Waals surface area contributed by atoms with Crippen LogP contribution < -0.4 is 0 Å². The van der Waals surface area contributed by atoms with Gasteiger partial charge in [0.1, 0.15) is 6.29 Å². The van der Waals surface area contributed by atoms with E-state index in [4.69, 9.17) is 0 Å². The molecule has 0 aromatic heterocycles. The zero-order valence-electron chi connectivity index (χ0n) is 8.73. The predicted molar refractivity (Wildman–Crippen MR) is 62.8 cm³/mol. The highest BCUT2D eigenvalue weighted by atomic mass is 28.3. The highest BCUT2D eigenvalue weighted by Crippen LogP contribution is 2.12. The molecule has 0 heterocycles. The van der Waals surface area contributed by atoms with Gasteiger partial charge in [0.05, 0.1) is 8.07 Å². The van der Waals surface area contributed by atoms with Crippen LogP contribution in [0.25, 0.3) is 0 Å². The smallest absolute Gasteiger partial charge is 0.142 e. The molecule has 0 aliphatic heterocycles. The van der Waals surface area contributed by atoms with Crippen LogP contribution in [0.1, 0.15) is 5.56 Å². The first kappa shape index (κ1) is 10.9. The van der Waals surface area contributed by atoms with Gasteiger partial charge in [-0.1, -0.05) is 54.7 Å². The normalized spacial score (nSPS) is 11.9. The number of rotatable bonds is 4. The van der Waals surface area contributed by atoms with E-state index < -0.39 is 8.07 Å². The highest BCUT2D eigenvalue weighted by molar-refractivity contribution is 6.81. The van der Waals surface area contributed by atoms with E-state index in [1.165, 1.54) is 5.56 Å². The molecule has 0 unspecified atom stereocenters. The predicted octanol–water partition coefficient (Wildman–Crippen LogP) is 2.77. The fourth-order valence-corrected chi connectivity index (χ4v) is 3.49. The largest absolute Gasteiger partial charge is 0.299 e. The topological polar surface area (TPSA) is 17.1 Å². The first-order chi connectivity index (χ1) is 6.64. The minimum atomic E-state index is -1.38. The lowest BCUT2D eigenvalue weighted by Gasteiger charge is -2.17. The molecule has 0 atom stereocenters. The van der Waals surface area contributed by atoms with Gasteiger partial charge in [0.15, 0.2) is 0 Å². The van der Waals surface area contributed by atoms with Crippen molar-refractivity contribution in [3.63, 3.8) is 0 Å². The summed E-state index contributed by atoms with van der Waals surface area (Å²) in [6, 6.07) is 11.5. The lowest BCUT2D eigenvalue weighted by atomic mass is 10.2. The van der Waals surface area contributed by atoms with E-state index >= 15 is 0 Å². The second kappa shape index (κ2) is 4.91. The third kappa shape index (κ3) is 3.71. The minimum absolute atomic E-state index is 0.861. The molecular formula is C12H16OSi. The molecule has 0 saturated heterocycles. The van der Waals surface area contributed by atoms with E-state index in [2.05, 4.69) is 43.1 Å². The van der Waals surface area contributed by atoms with Crippen molar-refractivity contribution in [1.82, 2.24) is 0 Å². The summed E-state index contributed by atoms with van der Waals surface area (Å²) in [5.41, 5.74) is 3.45. The summed E-state index contributed by atoms with van der Waals surface area (Å²) in [6.45, 7) is 4.53. The van der Waals surface area contributed by atoms with Crippen molar-refractivity contribution in [3.8, 4) is 0 Å². The molecule has 0 aliphatic carbocycles. The summed E-state index contributed by atoms with van der Waals surface area (Å²) in [5, 5.41) is 0. The van der Waals surface area contributed by atoms with Crippen LogP contribution >= 0.6 is 0 Å². The van der Waals surface area contributed by atoms with E-state index in [1.807, 2.05) is 6.07 Å². The van der Waals surface area contributed by atoms with Gasteiger partial charge >= 0.3 is 0 Å². The summed E-state index contributed by atoms with van der Waals surface area (Å²) in [7, 11) is -1.38. The molecule has 1 rings (SSSR count). The van der Waals surface area contributed by atoms with Crippen LogP contribution in [0.3, 0.4) is 0 Å². The maximum atomic E-state index is 10.2. The van der Waals surface area contributed by atoms with E-state index in [9.17, 15) is 4.79 Å². The fraction of sp³-hybridized carbons (Fsp3) is 0.250. The third-order valence-corrected chi connectivity index (χ3v) is 4.54. The first-order valence-electron chi connectivity index (χ1n) is 4.81. The van der Waals surface area contributed by atoms with E-state index in [-0.39, 0.29) is 0 Å². The van der Waals surface area contributed by atoms with E-state index in [1.54, 1.807) is 6.08 Å².